The summed E-state index contributed by atoms with van der Waals surface area (Å²) in [6.45, 7) is 20.6. The third kappa shape index (κ3) is 13.9. The second-order valence-corrected chi connectivity index (χ2v) is 20.0. The second-order valence-electron chi connectivity index (χ2n) is 14.8. The Labute approximate surface area is 337 Å². The van der Waals surface area contributed by atoms with Crippen LogP contribution in [0.5, 0.6) is 23.0 Å². The average molecular weight is 783 g/mol. The van der Waals surface area contributed by atoms with E-state index in [1.165, 1.54) is 43.0 Å². The van der Waals surface area contributed by atoms with Crippen molar-refractivity contribution in [3.63, 3.8) is 0 Å². The molecule has 4 aromatic carbocycles. The number of aryl methyl sites for hydroxylation is 4. The molecule has 0 N–H and O–H groups in total. The van der Waals surface area contributed by atoms with Crippen LogP contribution in [-0.4, -0.2) is 44.5 Å². The van der Waals surface area contributed by atoms with Crippen molar-refractivity contribution in [2.24, 2.45) is 0 Å². The van der Waals surface area contributed by atoms with Crippen LogP contribution in [-0.2, 0) is 29.8 Å². The lowest BCUT2D eigenvalue weighted by Gasteiger charge is -2.28. The molecule has 0 heterocycles. The number of unbranched alkanes of at least 4 members (excludes halogenated alkanes) is 4. The molecule has 0 aromatic heterocycles. The molecule has 0 bridgehead atoms. The van der Waals surface area contributed by atoms with Gasteiger partial charge in [-0.05, 0) is 143 Å². The molecule has 5 nitrogen and oxygen atoms in total. The van der Waals surface area contributed by atoms with Crippen molar-refractivity contribution in [3.8, 4) is 23.0 Å². The van der Waals surface area contributed by atoms with Crippen molar-refractivity contribution in [2.45, 2.75) is 132 Å². The van der Waals surface area contributed by atoms with E-state index in [0.717, 1.165) is 100 Å². The Morgan fingerprint density at radius 2 is 0.564 bits per heavy atom. The van der Waals surface area contributed by atoms with Crippen molar-refractivity contribution in [3.05, 3.63) is 95.1 Å². The van der Waals surface area contributed by atoms with E-state index in [2.05, 4.69) is 128 Å². The molecule has 0 unspecified atom stereocenters. The molecular formula is C48H70O5Si2. The topological polar surface area (TPSA) is 46.2 Å². The van der Waals surface area contributed by atoms with E-state index >= 15 is 0 Å². The zero-order chi connectivity index (χ0) is 39.4. The zero-order valence-corrected chi connectivity index (χ0v) is 37.7. The Balaban J connectivity index is 1.98. The average Bonchev–Trinajstić information content (AvgIpc) is 3.21. The summed E-state index contributed by atoms with van der Waals surface area (Å²) in [5, 5.41) is 4.97. The monoisotopic (exact) mass is 782 g/mol. The Morgan fingerprint density at radius 1 is 0.327 bits per heavy atom. The lowest BCUT2D eigenvalue weighted by Crippen LogP contribution is -2.56. The fourth-order valence-corrected chi connectivity index (χ4v) is 13.8. The van der Waals surface area contributed by atoms with Gasteiger partial charge in [-0.3, -0.25) is 0 Å². The summed E-state index contributed by atoms with van der Waals surface area (Å²) < 4.78 is 33.7. The molecule has 0 fully saturated rings. The van der Waals surface area contributed by atoms with E-state index < -0.39 is 18.1 Å². The molecule has 0 aliphatic heterocycles. The van der Waals surface area contributed by atoms with Crippen molar-refractivity contribution < 1.29 is 23.1 Å². The van der Waals surface area contributed by atoms with E-state index in [-0.39, 0.29) is 0 Å². The van der Waals surface area contributed by atoms with Gasteiger partial charge in [-0.25, -0.2) is 0 Å². The minimum Gasteiger partial charge on any atom is -0.494 e. The van der Waals surface area contributed by atoms with Crippen molar-refractivity contribution >= 4 is 38.8 Å². The summed E-state index contributed by atoms with van der Waals surface area (Å²) in [5.41, 5.74) is 5.09. The molecule has 0 aliphatic carbocycles. The van der Waals surface area contributed by atoms with Crippen LogP contribution in [0.4, 0.5) is 0 Å². The quantitative estimate of drug-likeness (QED) is 0.0470. The lowest BCUT2D eigenvalue weighted by molar-refractivity contribution is 0.309. The van der Waals surface area contributed by atoms with Crippen LogP contribution in [0.25, 0.3) is 0 Å². The third-order valence-electron chi connectivity index (χ3n) is 10.1. The SMILES string of the molecule is CCCCOc1cc(CC)cc([SiH](O[SiH](c2cc(CC)cc(OCCCC)c2)c2cc(CC)cc(OCCCC)c2)c2cc(CC)cc(OCCCC)c2)c1. The predicted octanol–water partition coefficient (Wildman–Crippen LogP) is 9.04. The van der Waals surface area contributed by atoms with Gasteiger partial charge in [0.05, 0.1) is 26.4 Å². The highest BCUT2D eigenvalue weighted by Crippen LogP contribution is 2.21. The fourth-order valence-electron chi connectivity index (χ4n) is 6.67. The summed E-state index contributed by atoms with van der Waals surface area (Å²) in [6, 6.07) is 27.5. The van der Waals surface area contributed by atoms with E-state index in [9.17, 15) is 0 Å². The van der Waals surface area contributed by atoms with Crippen LogP contribution in [0.1, 0.15) is 129 Å². The molecule has 0 atom stereocenters. The standard InChI is InChI=1S/C48H70O5Si2/c1-9-17-21-49-41-25-37(13-5)29-45(33-41)54(46-30-38(14-6)26-42(34-46)50-22-18-10-2)53-55(47-31-39(15-7)27-43(35-47)51-23-19-11-3)48-32-40(16-8)28-44(36-48)52-24-20-12-4/h25-36,54-55H,9-24H2,1-8H3. The van der Waals surface area contributed by atoms with E-state index in [1.807, 2.05) is 0 Å². The van der Waals surface area contributed by atoms with Crippen LogP contribution >= 0.6 is 0 Å². The maximum absolute atomic E-state index is 7.97. The number of rotatable bonds is 26. The first kappa shape index (κ1) is 44.2. The highest BCUT2D eigenvalue weighted by molar-refractivity contribution is 6.92. The maximum atomic E-state index is 7.97. The van der Waals surface area contributed by atoms with E-state index in [0.29, 0.717) is 26.4 Å². The molecule has 0 amide bonds. The summed E-state index contributed by atoms with van der Waals surface area (Å²) in [7, 11) is -4.77. The minimum atomic E-state index is -2.39. The highest BCUT2D eigenvalue weighted by atomic mass is 28.4. The van der Waals surface area contributed by atoms with Crippen LogP contribution in [0.3, 0.4) is 0 Å². The molecule has 4 rings (SSSR count). The van der Waals surface area contributed by atoms with E-state index in [4.69, 9.17) is 23.1 Å². The van der Waals surface area contributed by atoms with Gasteiger partial charge in [-0.2, -0.15) is 0 Å². The lowest BCUT2D eigenvalue weighted by atomic mass is 10.1. The molecular weight excluding hydrogens is 713 g/mol. The smallest absolute Gasteiger partial charge is 0.229 e. The van der Waals surface area contributed by atoms with Gasteiger partial charge in [0.15, 0.2) is 0 Å². The first-order valence-electron chi connectivity index (χ1n) is 21.6. The molecule has 0 radical (unpaired) electrons. The summed E-state index contributed by atoms with van der Waals surface area (Å²) in [6.07, 6.45) is 12.2. The number of ether oxygens (including phenoxy) is 4. The molecule has 0 saturated heterocycles. The van der Waals surface area contributed by atoms with Crippen LogP contribution in [0, 0.1) is 0 Å². The first-order valence-corrected chi connectivity index (χ1v) is 24.8. The summed E-state index contributed by atoms with van der Waals surface area (Å²) in [5.74, 6) is 3.75. The molecule has 300 valence electrons. The summed E-state index contributed by atoms with van der Waals surface area (Å²) in [4.78, 5) is 0. The fraction of sp³-hybridized carbons (Fsp3) is 0.500. The molecule has 0 aliphatic rings. The van der Waals surface area contributed by atoms with Gasteiger partial charge in [0.2, 0.25) is 18.1 Å². The van der Waals surface area contributed by atoms with Crippen LogP contribution in [0.2, 0.25) is 0 Å². The van der Waals surface area contributed by atoms with Gasteiger partial charge in [0.25, 0.3) is 0 Å². The Bertz CT molecular complexity index is 1480. The Morgan fingerprint density at radius 3 is 0.764 bits per heavy atom. The minimum absolute atomic E-state index is 0.712. The predicted molar refractivity (Wildman–Crippen MR) is 239 cm³/mol. The van der Waals surface area contributed by atoms with Gasteiger partial charge in [0.1, 0.15) is 23.0 Å². The molecule has 4 aromatic rings. The second kappa shape index (κ2) is 24.2. The normalized spacial score (nSPS) is 11.4. The van der Waals surface area contributed by atoms with Crippen LogP contribution < -0.4 is 39.7 Å². The molecule has 0 saturated carbocycles. The zero-order valence-electron chi connectivity index (χ0n) is 35.4. The van der Waals surface area contributed by atoms with Gasteiger partial charge < -0.3 is 23.1 Å². The highest BCUT2D eigenvalue weighted by Gasteiger charge is 2.29. The Hall–Kier alpha value is -3.53. The van der Waals surface area contributed by atoms with Crippen molar-refractivity contribution in [1.82, 2.24) is 0 Å². The number of hydrogen-bond acceptors (Lipinski definition) is 5. The van der Waals surface area contributed by atoms with Crippen molar-refractivity contribution in [2.75, 3.05) is 26.4 Å². The van der Waals surface area contributed by atoms with Gasteiger partial charge >= 0.3 is 0 Å². The molecule has 55 heavy (non-hydrogen) atoms. The van der Waals surface area contributed by atoms with Gasteiger partial charge in [-0.15, -0.1) is 0 Å². The third-order valence-corrected chi connectivity index (χ3v) is 16.1. The first-order chi connectivity index (χ1) is 26.9. The number of hydrogen-bond donors (Lipinski definition) is 0. The number of benzene rings is 4. The summed E-state index contributed by atoms with van der Waals surface area (Å²) >= 11 is 0. The Kier molecular flexibility index (Phi) is 19.4. The van der Waals surface area contributed by atoms with Crippen LogP contribution in [0.15, 0.2) is 72.8 Å². The van der Waals surface area contributed by atoms with Gasteiger partial charge in [0, 0.05) is 0 Å². The van der Waals surface area contributed by atoms with Crippen molar-refractivity contribution in [1.29, 1.82) is 0 Å². The molecule has 0 spiro atoms. The largest absolute Gasteiger partial charge is 0.494 e. The maximum Gasteiger partial charge on any atom is 0.229 e. The van der Waals surface area contributed by atoms with E-state index in [1.54, 1.807) is 0 Å². The van der Waals surface area contributed by atoms with Gasteiger partial charge in [-0.1, -0.05) is 105 Å². The molecule has 7 heteroatoms.